The maximum Gasteiger partial charge on any atom is 0.296 e. The first kappa shape index (κ1) is 23.0. The topological polar surface area (TPSA) is 98.4 Å². The van der Waals surface area contributed by atoms with Crippen LogP contribution in [0.5, 0.6) is 6.01 Å². The third kappa shape index (κ3) is 4.43. The molecule has 4 aromatic rings. The molecule has 4 heterocycles. The average Bonchev–Trinajstić information content (AvgIpc) is 3.61. The highest BCUT2D eigenvalue weighted by Gasteiger charge is 2.43. The van der Waals surface area contributed by atoms with Crippen molar-refractivity contribution in [3.8, 4) is 28.4 Å². The summed E-state index contributed by atoms with van der Waals surface area (Å²) < 4.78 is 17.5. The van der Waals surface area contributed by atoms with Gasteiger partial charge in [0, 0.05) is 19.2 Å². The van der Waals surface area contributed by atoms with Gasteiger partial charge in [-0.3, -0.25) is 4.79 Å². The highest BCUT2D eigenvalue weighted by Crippen LogP contribution is 2.33. The van der Waals surface area contributed by atoms with Crippen LogP contribution in [-0.2, 0) is 20.7 Å². The van der Waals surface area contributed by atoms with Crippen LogP contribution in [0.2, 0.25) is 5.02 Å². The van der Waals surface area contributed by atoms with Gasteiger partial charge in [0.15, 0.2) is 11.8 Å². The van der Waals surface area contributed by atoms with Crippen LogP contribution in [0.4, 0.5) is 0 Å². The smallest absolute Gasteiger partial charge is 0.296 e. The zero-order valence-corrected chi connectivity index (χ0v) is 20.4. The van der Waals surface area contributed by atoms with E-state index in [1.807, 2.05) is 54.6 Å². The fourth-order valence-corrected chi connectivity index (χ4v) is 5.00. The molecule has 0 saturated carbocycles. The number of fused-ring (bicyclic) bond motifs is 2. The van der Waals surface area contributed by atoms with E-state index in [1.54, 1.807) is 7.05 Å². The predicted molar refractivity (Wildman–Crippen MR) is 136 cm³/mol. The Bertz CT molecular complexity index is 1400. The molecule has 9 heteroatoms. The summed E-state index contributed by atoms with van der Waals surface area (Å²) in [6.07, 6.45) is 1.11. The molecule has 184 valence electrons. The van der Waals surface area contributed by atoms with Crippen LogP contribution in [0.1, 0.15) is 12.0 Å². The van der Waals surface area contributed by atoms with E-state index >= 15 is 0 Å². The van der Waals surface area contributed by atoms with Gasteiger partial charge in [0.05, 0.1) is 35.4 Å². The first-order valence-corrected chi connectivity index (χ1v) is 12.3. The van der Waals surface area contributed by atoms with E-state index in [1.165, 1.54) is 0 Å². The molecule has 2 saturated heterocycles. The molecule has 2 fully saturated rings. The number of imidazole rings is 1. The first-order valence-electron chi connectivity index (χ1n) is 11.9. The minimum Gasteiger partial charge on any atom is -0.456 e. The lowest BCUT2D eigenvalue weighted by Crippen LogP contribution is -2.32. The zero-order valence-electron chi connectivity index (χ0n) is 19.7. The molecular formula is C27H25ClN4O4. The zero-order chi connectivity index (χ0) is 24.6. The number of rotatable bonds is 6. The number of benzene rings is 2. The standard InChI is InChI=1S/C27H25ClN4O4/c1-29-23(33)12-15-2-4-16(5-3-15)17-6-8-18(9-7-17)24-19(28)13-20-26(31-24)32-27(30-20)36-22-14-35-21-10-11-34-25(21)22/h2-9,13,21-22,25H,10-12,14H2,1H3,(H,29,33)(H,30,31,32)/t21-,22?,25+/m1/s1. The van der Waals surface area contributed by atoms with Crippen molar-refractivity contribution in [3.63, 3.8) is 0 Å². The molecule has 2 N–H and O–H groups in total. The Balaban J connectivity index is 1.20. The van der Waals surface area contributed by atoms with Gasteiger partial charge in [0.2, 0.25) is 5.91 Å². The number of aromatic amines is 1. The molecule has 1 unspecified atom stereocenters. The molecule has 0 spiro atoms. The van der Waals surface area contributed by atoms with Crippen molar-refractivity contribution in [2.24, 2.45) is 0 Å². The van der Waals surface area contributed by atoms with E-state index < -0.39 is 0 Å². The van der Waals surface area contributed by atoms with Gasteiger partial charge in [0.1, 0.15) is 6.10 Å². The van der Waals surface area contributed by atoms with Crippen LogP contribution in [-0.4, -0.2) is 59.4 Å². The molecule has 2 aliphatic heterocycles. The highest BCUT2D eigenvalue weighted by atomic mass is 35.5. The van der Waals surface area contributed by atoms with Crippen molar-refractivity contribution in [3.05, 3.63) is 65.2 Å². The van der Waals surface area contributed by atoms with E-state index in [4.69, 9.17) is 30.8 Å². The van der Waals surface area contributed by atoms with Crippen LogP contribution < -0.4 is 10.1 Å². The van der Waals surface area contributed by atoms with Gasteiger partial charge in [-0.05, 0) is 29.2 Å². The minimum absolute atomic E-state index is 0.00642. The molecule has 2 aromatic heterocycles. The lowest BCUT2D eigenvalue weighted by molar-refractivity contribution is -0.119. The number of carbonyl (C=O) groups is 1. The molecule has 36 heavy (non-hydrogen) atoms. The Morgan fingerprint density at radius 3 is 2.56 bits per heavy atom. The minimum atomic E-state index is -0.196. The normalized spacial score (nSPS) is 21.0. The van der Waals surface area contributed by atoms with Gasteiger partial charge in [-0.15, -0.1) is 0 Å². The number of pyridine rings is 1. The highest BCUT2D eigenvalue weighted by molar-refractivity contribution is 6.33. The van der Waals surface area contributed by atoms with Crippen LogP contribution >= 0.6 is 11.6 Å². The Morgan fingerprint density at radius 2 is 1.81 bits per heavy atom. The summed E-state index contributed by atoms with van der Waals surface area (Å²) in [5.74, 6) is -0.00642. The molecule has 0 aliphatic carbocycles. The fraction of sp³-hybridized carbons (Fsp3) is 0.296. The Labute approximate surface area is 213 Å². The summed E-state index contributed by atoms with van der Waals surface area (Å²) in [5.41, 5.74) is 5.87. The monoisotopic (exact) mass is 504 g/mol. The average molecular weight is 505 g/mol. The molecule has 8 nitrogen and oxygen atoms in total. The fourth-order valence-electron chi connectivity index (χ4n) is 4.74. The summed E-state index contributed by atoms with van der Waals surface area (Å²) in [5, 5.41) is 3.16. The lowest BCUT2D eigenvalue weighted by Gasteiger charge is -2.15. The third-order valence-corrected chi connectivity index (χ3v) is 6.97. The van der Waals surface area contributed by atoms with Gasteiger partial charge < -0.3 is 24.5 Å². The molecule has 2 aliphatic rings. The summed E-state index contributed by atoms with van der Waals surface area (Å²) in [4.78, 5) is 24.0. The number of hydrogen-bond donors (Lipinski definition) is 2. The van der Waals surface area contributed by atoms with E-state index in [9.17, 15) is 4.79 Å². The number of amides is 1. The molecule has 2 aromatic carbocycles. The number of nitrogens with one attached hydrogen (secondary N) is 2. The second-order valence-electron chi connectivity index (χ2n) is 9.01. The number of likely N-dealkylation sites (N-methyl/N-ethyl adjacent to an activating group) is 1. The molecule has 1 amide bonds. The summed E-state index contributed by atoms with van der Waals surface area (Å²) in [6.45, 7) is 1.17. The van der Waals surface area contributed by atoms with Crippen molar-refractivity contribution in [2.75, 3.05) is 20.3 Å². The molecule has 0 bridgehead atoms. The summed E-state index contributed by atoms with van der Waals surface area (Å²) in [6, 6.07) is 18.2. The van der Waals surface area contributed by atoms with Gasteiger partial charge in [-0.1, -0.05) is 60.1 Å². The van der Waals surface area contributed by atoms with E-state index in [0.29, 0.717) is 47.5 Å². The van der Waals surface area contributed by atoms with Crippen LogP contribution in [0, 0.1) is 0 Å². The van der Waals surface area contributed by atoms with E-state index in [-0.39, 0.29) is 24.2 Å². The van der Waals surface area contributed by atoms with Gasteiger partial charge in [0.25, 0.3) is 6.01 Å². The molecule has 0 radical (unpaired) electrons. The van der Waals surface area contributed by atoms with Crippen molar-refractivity contribution >= 4 is 28.7 Å². The van der Waals surface area contributed by atoms with E-state index in [0.717, 1.165) is 28.7 Å². The lowest BCUT2D eigenvalue weighted by atomic mass is 10.0. The second-order valence-corrected chi connectivity index (χ2v) is 9.42. The Hall–Kier alpha value is -3.46. The summed E-state index contributed by atoms with van der Waals surface area (Å²) in [7, 11) is 1.64. The number of hydrogen-bond acceptors (Lipinski definition) is 6. The number of H-pyrrole nitrogens is 1. The van der Waals surface area contributed by atoms with Gasteiger partial charge in [-0.2, -0.15) is 4.98 Å². The number of ether oxygens (including phenoxy) is 3. The largest absolute Gasteiger partial charge is 0.456 e. The predicted octanol–water partition coefficient (Wildman–Crippen LogP) is 4.17. The number of halogens is 1. The number of carbonyl (C=O) groups excluding carboxylic acids is 1. The summed E-state index contributed by atoms with van der Waals surface area (Å²) >= 11 is 6.59. The maximum atomic E-state index is 11.6. The van der Waals surface area contributed by atoms with Crippen LogP contribution in [0.25, 0.3) is 33.5 Å². The third-order valence-electron chi connectivity index (χ3n) is 6.68. The molecular weight excluding hydrogens is 480 g/mol. The Kier molecular flexibility index (Phi) is 6.08. The molecule has 3 atom stereocenters. The van der Waals surface area contributed by atoms with Crippen molar-refractivity contribution in [2.45, 2.75) is 31.2 Å². The number of nitrogens with zero attached hydrogens (tertiary/aromatic N) is 2. The first-order chi connectivity index (χ1) is 17.6. The quantitative estimate of drug-likeness (QED) is 0.409. The Morgan fingerprint density at radius 1 is 1.08 bits per heavy atom. The molecule has 6 rings (SSSR count). The van der Waals surface area contributed by atoms with Gasteiger partial charge in [-0.25, -0.2) is 4.98 Å². The maximum absolute atomic E-state index is 11.6. The number of aromatic nitrogens is 3. The van der Waals surface area contributed by atoms with Gasteiger partial charge >= 0.3 is 0 Å². The van der Waals surface area contributed by atoms with Crippen molar-refractivity contribution < 1.29 is 19.0 Å². The van der Waals surface area contributed by atoms with Crippen LogP contribution in [0.3, 0.4) is 0 Å². The van der Waals surface area contributed by atoms with Crippen LogP contribution in [0.15, 0.2) is 54.6 Å². The SMILES string of the molecule is CNC(=O)Cc1ccc(-c2ccc(-c3nc4nc(OC5CO[C@@H]6CCO[C@H]56)[nH]c4cc3Cl)cc2)cc1. The van der Waals surface area contributed by atoms with E-state index in [2.05, 4.69) is 15.3 Å². The van der Waals surface area contributed by atoms with Crippen molar-refractivity contribution in [1.29, 1.82) is 0 Å². The second kappa shape index (κ2) is 9.54. The van der Waals surface area contributed by atoms with Crippen molar-refractivity contribution in [1.82, 2.24) is 20.3 Å².